The lowest BCUT2D eigenvalue weighted by molar-refractivity contribution is -0.541. The van der Waals surface area contributed by atoms with Crippen LogP contribution in [0.2, 0.25) is 0 Å². The summed E-state index contributed by atoms with van der Waals surface area (Å²) in [5.41, 5.74) is -1.30. The van der Waals surface area contributed by atoms with E-state index in [-0.39, 0.29) is 5.92 Å². The first-order valence-electron chi connectivity index (χ1n) is 6.61. The molecule has 1 aliphatic carbocycles. The molecule has 97 valence electrons. The Morgan fingerprint density at radius 3 is 2.12 bits per heavy atom. The van der Waals surface area contributed by atoms with Gasteiger partial charge in [-0.2, -0.15) is 0 Å². The molecular weight excluding hydrogens is 216 g/mol. The molecule has 0 aromatic rings. The topological polar surface area (TPSA) is 49.2 Å². The van der Waals surface area contributed by atoms with Crippen molar-refractivity contribution in [1.82, 2.24) is 5.06 Å². The van der Waals surface area contributed by atoms with Crippen molar-refractivity contribution in [3.05, 3.63) is 5.21 Å². The van der Waals surface area contributed by atoms with E-state index in [0.29, 0.717) is 5.84 Å². The summed E-state index contributed by atoms with van der Waals surface area (Å²) in [5.74, 6) is 0.638. The van der Waals surface area contributed by atoms with E-state index in [4.69, 9.17) is 0 Å². The van der Waals surface area contributed by atoms with Gasteiger partial charge in [-0.05, 0) is 40.5 Å². The predicted octanol–water partition coefficient (Wildman–Crippen LogP) is 2.69. The molecule has 0 saturated heterocycles. The lowest BCUT2D eigenvalue weighted by atomic mass is 9.84. The Morgan fingerprint density at radius 1 is 1.18 bits per heavy atom. The first-order chi connectivity index (χ1) is 7.80. The molecule has 0 N–H and O–H groups in total. The highest BCUT2D eigenvalue weighted by Crippen LogP contribution is 2.39. The summed E-state index contributed by atoms with van der Waals surface area (Å²) in [6, 6.07) is 0. The van der Waals surface area contributed by atoms with Crippen LogP contribution in [0.15, 0.2) is 0 Å². The number of hydrogen-bond donors (Lipinski definition) is 0. The molecule has 17 heavy (non-hydrogen) atoms. The molecule has 0 aromatic heterocycles. The van der Waals surface area contributed by atoms with Gasteiger partial charge in [0, 0.05) is 5.21 Å². The van der Waals surface area contributed by atoms with E-state index in [0.717, 1.165) is 35.5 Å². The third-order valence-electron chi connectivity index (χ3n) is 4.90. The summed E-state index contributed by atoms with van der Waals surface area (Å²) in [6.07, 6.45) is 5.47. The zero-order chi connectivity index (χ0) is 12.8. The van der Waals surface area contributed by atoms with E-state index in [2.05, 4.69) is 0 Å². The van der Waals surface area contributed by atoms with Gasteiger partial charge < -0.3 is 5.21 Å². The van der Waals surface area contributed by atoms with E-state index in [1.54, 1.807) is 0 Å². The van der Waals surface area contributed by atoms with Crippen molar-refractivity contribution < 1.29 is 9.95 Å². The first-order valence-corrected chi connectivity index (χ1v) is 6.61. The van der Waals surface area contributed by atoms with Crippen LogP contribution in [-0.2, 0) is 5.21 Å². The minimum absolute atomic E-state index is 0.166. The second kappa shape index (κ2) is 3.87. The normalized spacial score (nSPS) is 28.9. The maximum absolute atomic E-state index is 12.4. The highest BCUT2D eigenvalue weighted by Gasteiger charge is 2.60. The second-order valence-electron chi connectivity index (χ2n) is 6.40. The Morgan fingerprint density at radius 2 is 1.71 bits per heavy atom. The number of rotatable bonds is 1. The van der Waals surface area contributed by atoms with Crippen molar-refractivity contribution in [2.24, 2.45) is 5.92 Å². The molecule has 0 unspecified atom stereocenters. The van der Waals surface area contributed by atoms with Crippen LogP contribution < -0.4 is 0 Å². The molecule has 2 rings (SSSR count). The van der Waals surface area contributed by atoms with E-state index in [1.807, 2.05) is 27.7 Å². The van der Waals surface area contributed by atoms with E-state index >= 15 is 0 Å². The number of amidine groups is 1. The van der Waals surface area contributed by atoms with Crippen LogP contribution in [0.3, 0.4) is 0 Å². The Kier molecular flexibility index (Phi) is 2.89. The average molecular weight is 239 g/mol. The summed E-state index contributed by atoms with van der Waals surface area (Å²) in [4.78, 5) is 0. The Labute approximate surface area is 103 Å². The van der Waals surface area contributed by atoms with Gasteiger partial charge in [0.1, 0.15) is 5.54 Å². The molecule has 0 aromatic carbocycles. The van der Waals surface area contributed by atoms with Crippen molar-refractivity contribution >= 4 is 5.84 Å². The molecule has 1 fully saturated rings. The molecule has 1 radical (unpaired) electrons. The summed E-state index contributed by atoms with van der Waals surface area (Å²) in [5, 5.41) is 25.8. The molecule has 1 aliphatic heterocycles. The summed E-state index contributed by atoms with van der Waals surface area (Å²) in [7, 11) is 0. The molecule has 1 heterocycles. The smallest absolute Gasteiger partial charge is 0.287 e. The third kappa shape index (κ3) is 1.65. The summed E-state index contributed by atoms with van der Waals surface area (Å²) >= 11 is 0. The van der Waals surface area contributed by atoms with Crippen molar-refractivity contribution in [1.29, 1.82) is 0 Å². The molecule has 4 nitrogen and oxygen atoms in total. The van der Waals surface area contributed by atoms with Crippen LogP contribution >= 0.6 is 0 Å². The lowest BCUT2D eigenvalue weighted by Gasteiger charge is -2.32. The molecule has 0 amide bonds. The van der Waals surface area contributed by atoms with Gasteiger partial charge >= 0.3 is 0 Å². The molecule has 1 saturated carbocycles. The summed E-state index contributed by atoms with van der Waals surface area (Å²) < 4.78 is 0.982. The van der Waals surface area contributed by atoms with Crippen LogP contribution in [0.1, 0.15) is 59.8 Å². The van der Waals surface area contributed by atoms with E-state index in [1.165, 1.54) is 6.42 Å². The SMILES string of the molecule is CC1(C)N([O])C(C2CCCCC2)=[N+]([O-])C1(C)C. The molecular formula is C13H23N2O2. The molecule has 0 atom stereocenters. The average Bonchev–Trinajstić information content (AvgIpc) is 2.40. The van der Waals surface area contributed by atoms with Crippen molar-refractivity contribution in [2.45, 2.75) is 70.9 Å². The van der Waals surface area contributed by atoms with Crippen molar-refractivity contribution in [3.8, 4) is 0 Å². The monoisotopic (exact) mass is 239 g/mol. The molecule has 2 aliphatic rings. The minimum atomic E-state index is -0.651. The Hall–Kier alpha value is -0.770. The standard InChI is InChI=1S/C13H23N2O2/c1-12(2)13(3,4)15(17)11(14(12)16)10-8-6-5-7-9-10/h10H,5-9H2,1-4H3. The largest absolute Gasteiger partial charge is 0.715 e. The zero-order valence-electron chi connectivity index (χ0n) is 11.3. The fraction of sp³-hybridized carbons (Fsp3) is 0.923. The van der Waals surface area contributed by atoms with Gasteiger partial charge in [-0.25, -0.2) is 0 Å². The fourth-order valence-corrected chi connectivity index (χ4v) is 2.84. The third-order valence-corrected chi connectivity index (χ3v) is 4.90. The van der Waals surface area contributed by atoms with Gasteiger partial charge in [-0.1, -0.05) is 24.3 Å². The number of nitrogens with zero attached hydrogens (tertiary/aromatic N) is 2. The van der Waals surface area contributed by atoms with Crippen LogP contribution in [0.4, 0.5) is 0 Å². The van der Waals surface area contributed by atoms with Crippen LogP contribution in [0.25, 0.3) is 0 Å². The van der Waals surface area contributed by atoms with Gasteiger partial charge in [-0.15, -0.1) is 0 Å². The molecule has 0 spiro atoms. The van der Waals surface area contributed by atoms with Crippen LogP contribution in [0.5, 0.6) is 0 Å². The Bertz CT molecular complexity index is 341. The minimum Gasteiger partial charge on any atom is -0.715 e. The number of hydrogen-bond acceptors (Lipinski definition) is 2. The van der Waals surface area contributed by atoms with Crippen LogP contribution in [0, 0.1) is 11.1 Å². The second-order valence-corrected chi connectivity index (χ2v) is 6.40. The predicted molar refractivity (Wildman–Crippen MR) is 65.9 cm³/mol. The van der Waals surface area contributed by atoms with Crippen molar-refractivity contribution in [2.75, 3.05) is 0 Å². The van der Waals surface area contributed by atoms with Gasteiger partial charge in [0.25, 0.3) is 5.84 Å². The van der Waals surface area contributed by atoms with Gasteiger partial charge in [-0.3, -0.25) is 4.74 Å². The van der Waals surface area contributed by atoms with Crippen LogP contribution in [-0.4, -0.2) is 26.7 Å². The van der Waals surface area contributed by atoms with Gasteiger partial charge in [0.05, 0.1) is 5.92 Å². The molecule has 0 bridgehead atoms. The fourth-order valence-electron chi connectivity index (χ4n) is 2.84. The van der Waals surface area contributed by atoms with Gasteiger partial charge in [0.2, 0.25) is 0 Å². The van der Waals surface area contributed by atoms with Gasteiger partial charge in [0.15, 0.2) is 5.54 Å². The maximum Gasteiger partial charge on any atom is 0.287 e. The zero-order valence-corrected chi connectivity index (χ0v) is 11.3. The summed E-state index contributed by atoms with van der Waals surface area (Å²) in [6.45, 7) is 7.45. The highest BCUT2D eigenvalue weighted by molar-refractivity contribution is 5.81. The molecule has 4 heteroatoms. The maximum atomic E-state index is 12.4. The lowest BCUT2D eigenvalue weighted by Crippen LogP contribution is -2.53. The highest BCUT2D eigenvalue weighted by atomic mass is 16.5. The number of hydroxylamine groups is 3. The van der Waals surface area contributed by atoms with Crippen molar-refractivity contribution in [3.63, 3.8) is 0 Å². The first kappa shape index (κ1) is 12.7. The van der Waals surface area contributed by atoms with E-state index < -0.39 is 11.1 Å². The van der Waals surface area contributed by atoms with E-state index in [9.17, 15) is 10.4 Å². The Balaban J connectivity index is 2.35. The quantitative estimate of drug-likeness (QED) is 0.522.